The van der Waals surface area contributed by atoms with E-state index in [1.807, 2.05) is 0 Å². The van der Waals surface area contributed by atoms with Gasteiger partial charge in [0.05, 0.1) is 18.7 Å². The Kier molecular flexibility index (Phi) is 5.63. The molecular weight excluding hydrogens is 212 g/mol. The lowest BCUT2D eigenvalue weighted by Gasteiger charge is -2.23. The molecule has 7 nitrogen and oxygen atoms in total. The van der Waals surface area contributed by atoms with E-state index in [0.717, 1.165) is 0 Å². The topological polar surface area (TPSA) is 107 Å². The van der Waals surface area contributed by atoms with Gasteiger partial charge in [0.25, 0.3) is 0 Å². The van der Waals surface area contributed by atoms with Crippen molar-refractivity contribution in [2.75, 3.05) is 6.54 Å². The number of carbonyl (C=O) groups is 1. The number of aliphatic hydroxyl groups is 1. The predicted molar refractivity (Wildman–Crippen MR) is 58.9 cm³/mol. The lowest BCUT2D eigenvalue weighted by molar-refractivity contribution is 0.0443. The minimum absolute atomic E-state index is 0.0898. The maximum absolute atomic E-state index is 11.3. The van der Waals surface area contributed by atoms with Crippen LogP contribution < -0.4 is 5.32 Å². The number of rotatable bonds is 4. The average molecular weight is 230 g/mol. The third-order valence-corrected chi connectivity index (χ3v) is 1.65. The van der Waals surface area contributed by atoms with E-state index in [1.54, 1.807) is 27.7 Å². The second-order valence-corrected chi connectivity index (χ2v) is 4.42. The summed E-state index contributed by atoms with van der Waals surface area (Å²) in [6.45, 7) is 6.74. The summed E-state index contributed by atoms with van der Waals surface area (Å²) >= 11 is 0. The summed E-state index contributed by atoms with van der Waals surface area (Å²) < 4.78 is 5.00. The number of carbonyl (C=O) groups excluding carboxylic acids is 1. The van der Waals surface area contributed by atoms with Crippen LogP contribution in [0.2, 0.25) is 0 Å². The molecule has 0 radical (unpaired) electrons. The standard InChI is InChI=1S/C9H18N4O3/c1-6(7(14)5-11-13-10)12-8(15)16-9(2,3)4/h6-7,14H,5H2,1-4H3,(H,12,15)/t6-,7+/m0/s1. The summed E-state index contributed by atoms with van der Waals surface area (Å²) in [6.07, 6.45) is -1.54. The molecule has 0 aromatic heterocycles. The number of amides is 1. The van der Waals surface area contributed by atoms with Crippen molar-refractivity contribution < 1.29 is 14.6 Å². The molecule has 0 saturated carbocycles. The molecule has 2 atom stereocenters. The van der Waals surface area contributed by atoms with E-state index in [1.165, 1.54) is 0 Å². The molecule has 7 heteroatoms. The highest BCUT2D eigenvalue weighted by Crippen LogP contribution is 2.07. The molecule has 1 amide bonds. The summed E-state index contributed by atoms with van der Waals surface area (Å²) in [5, 5.41) is 15.1. The maximum atomic E-state index is 11.3. The van der Waals surface area contributed by atoms with E-state index in [-0.39, 0.29) is 6.54 Å². The highest BCUT2D eigenvalue weighted by atomic mass is 16.6. The number of aliphatic hydroxyl groups excluding tert-OH is 1. The molecule has 0 rings (SSSR count). The quantitative estimate of drug-likeness (QED) is 0.434. The number of hydrogen-bond donors (Lipinski definition) is 2. The lowest BCUT2D eigenvalue weighted by Crippen LogP contribution is -2.44. The van der Waals surface area contributed by atoms with Gasteiger partial charge in [-0.2, -0.15) is 0 Å². The molecule has 0 aliphatic rings. The summed E-state index contributed by atoms with van der Waals surface area (Å²) in [5.41, 5.74) is 7.48. The first kappa shape index (κ1) is 14.5. The molecule has 0 fully saturated rings. The normalized spacial score (nSPS) is 14.6. The van der Waals surface area contributed by atoms with Crippen molar-refractivity contribution in [3.8, 4) is 0 Å². The van der Waals surface area contributed by atoms with Gasteiger partial charge in [0, 0.05) is 4.91 Å². The molecule has 2 N–H and O–H groups in total. The van der Waals surface area contributed by atoms with Gasteiger partial charge in [-0.25, -0.2) is 4.79 Å². The van der Waals surface area contributed by atoms with Crippen LogP contribution in [0.5, 0.6) is 0 Å². The molecule has 0 aromatic rings. The van der Waals surface area contributed by atoms with Crippen LogP contribution in [0, 0.1) is 0 Å². The Bertz CT molecular complexity index is 281. The van der Waals surface area contributed by atoms with E-state index in [4.69, 9.17) is 10.3 Å². The van der Waals surface area contributed by atoms with Gasteiger partial charge in [-0.3, -0.25) is 0 Å². The molecule has 0 saturated heterocycles. The second-order valence-electron chi connectivity index (χ2n) is 4.42. The fourth-order valence-corrected chi connectivity index (χ4v) is 0.868. The fraction of sp³-hybridized carbons (Fsp3) is 0.889. The predicted octanol–water partition coefficient (Wildman–Crippen LogP) is 1.57. The third-order valence-electron chi connectivity index (χ3n) is 1.65. The van der Waals surface area contributed by atoms with Gasteiger partial charge in [-0.15, -0.1) is 0 Å². The van der Waals surface area contributed by atoms with Crippen molar-refractivity contribution in [1.82, 2.24) is 5.32 Å². The van der Waals surface area contributed by atoms with Crippen molar-refractivity contribution in [1.29, 1.82) is 0 Å². The van der Waals surface area contributed by atoms with Crippen LogP contribution in [0.15, 0.2) is 5.11 Å². The number of hydrogen-bond acceptors (Lipinski definition) is 4. The Morgan fingerprint density at radius 3 is 2.62 bits per heavy atom. The Morgan fingerprint density at radius 2 is 2.19 bits per heavy atom. The lowest BCUT2D eigenvalue weighted by atomic mass is 10.2. The second kappa shape index (κ2) is 6.19. The monoisotopic (exact) mass is 230 g/mol. The average Bonchev–Trinajstić information content (AvgIpc) is 2.10. The first-order valence-electron chi connectivity index (χ1n) is 4.94. The van der Waals surface area contributed by atoms with E-state index in [0.29, 0.717) is 0 Å². The van der Waals surface area contributed by atoms with Gasteiger partial charge in [0.15, 0.2) is 0 Å². The summed E-state index contributed by atoms with van der Waals surface area (Å²) in [5.74, 6) is 0. The van der Waals surface area contributed by atoms with Gasteiger partial charge in [-0.05, 0) is 33.2 Å². The van der Waals surface area contributed by atoms with Gasteiger partial charge in [-0.1, -0.05) is 5.11 Å². The first-order valence-corrected chi connectivity index (χ1v) is 4.94. The summed E-state index contributed by atoms with van der Waals surface area (Å²) in [7, 11) is 0. The van der Waals surface area contributed by atoms with E-state index in [2.05, 4.69) is 15.3 Å². The Balaban J connectivity index is 4.08. The Labute approximate surface area is 94.4 Å². The largest absolute Gasteiger partial charge is 0.444 e. The van der Waals surface area contributed by atoms with Crippen molar-refractivity contribution in [3.63, 3.8) is 0 Å². The van der Waals surface area contributed by atoms with E-state index < -0.39 is 23.8 Å². The highest BCUT2D eigenvalue weighted by Gasteiger charge is 2.20. The minimum Gasteiger partial charge on any atom is -0.444 e. The van der Waals surface area contributed by atoms with Crippen LogP contribution in [-0.4, -0.2) is 35.5 Å². The number of nitrogens with one attached hydrogen (secondary N) is 1. The van der Waals surface area contributed by atoms with Crippen LogP contribution in [0.25, 0.3) is 10.4 Å². The summed E-state index contributed by atoms with van der Waals surface area (Å²) in [6, 6.07) is -0.541. The molecule has 0 bridgehead atoms. The number of ether oxygens (including phenoxy) is 1. The minimum atomic E-state index is -0.927. The van der Waals surface area contributed by atoms with Crippen molar-refractivity contribution >= 4 is 6.09 Å². The first-order chi connectivity index (χ1) is 7.26. The maximum Gasteiger partial charge on any atom is 0.407 e. The molecule has 0 aliphatic heterocycles. The van der Waals surface area contributed by atoms with Gasteiger partial charge in [0.2, 0.25) is 0 Å². The van der Waals surface area contributed by atoms with Crippen LogP contribution in [-0.2, 0) is 4.74 Å². The molecular formula is C9H18N4O3. The van der Waals surface area contributed by atoms with Crippen LogP contribution in [0.3, 0.4) is 0 Å². The zero-order chi connectivity index (χ0) is 12.8. The van der Waals surface area contributed by atoms with Crippen LogP contribution >= 0.6 is 0 Å². The Morgan fingerprint density at radius 1 is 1.62 bits per heavy atom. The van der Waals surface area contributed by atoms with Crippen molar-refractivity contribution in [2.45, 2.75) is 45.4 Å². The number of azide groups is 1. The molecule has 92 valence electrons. The molecule has 0 aliphatic carbocycles. The zero-order valence-electron chi connectivity index (χ0n) is 9.97. The van der Waals surface area contributed by atoms with Gasteiger partial charge in [0.1, 0.15) is 5.60 Å². The van der Waals surface area contributed by atoms with Gasteiger partial charge >= 0.3 is 6.09 Å². The number of alkyl carbamates (subject to hydrolysis) is 1. The molecule has 0 aromatic carbocycles. The van der Waals surface area contributed by atoms with Crippen molar-refractivity contribution in [3.05, 3.63) is 10.4 Å². The van der Waals surface area contributed by atoms with Crippen molar-refractivity contribution in [2.24, 2.45) is 5.11 Å². The molecule has 0 spiro atoms. The highest BCUT2D eigenvalue weighted by molar-refractivity contribution is 5.68. The SMILES string of the molecule is C[C@H](NC(=O)OC(C)(C)C)[C@H](O)CN=[N+]=[N-]. The van der Waals surface area contributed by atoms with Crippen LogP contribution in [0.1, 0.15) is 27.7 Å². The molecule has 16 heavy (non-hydrogen) atoms. The smallest absolute Gasteiger partial charge is 0.407 e. The molecule has 0 unspecified atom stereocenters. The van der Waals surface area contributed by atoms with Gasteiger partial charge < -0.3 is 15.2 Å². The third kappa shape index (κ3) is 6.92. The number of nitrogens with zero attached hydrogens (tertiary/aromatic N) is 3. The van der Waals surface area contributed by atoms with E-state index >= 15 is 0 Å². The van der Waals surface area contributed by atoms with Crippen LogP contribution in [0.4, 0.5) is 4.79 Å². The Hall–Kier alpha value is -1.46. The van der Waals surface area contributed by atoms with E-state index in [9.17, 15) is 9.90 Å². The molecule has 0 heterocycles. The summed E-state index contributed by atoms with van der Waals surface area (Å²) in [4.78, 5) is 13.8. The zero-order valence-corrected chi connectivity index (χ0v) is 9.97. The fourth-order valence-electron chi connectivity index (χ4n) is 0.868.